The lowest BCUT2D eigenvalue weighted by Crippen LogP contribution is -2.39. The lowest BCUT2D eigenvalue weighted by atomic mass is 9.87. The maximum Gasteiger partial charge on any atom is 0.240 e. The van der Waals surface area contributed by atoms with E-state index in [-0.39, 0.29) is 17.9 Å². The van der Waals surface area contributed by atoms with Crippen molar-refractivity contribution in [1.82, 2.24) is 4.90 Å². The highest BCUT2D eigenvalue weighted by Crippen LogP contribution is 2.49. The Balaban J connectivity index is 1.79. The number of nitriles is 1. The second-order valence-corrected chi connectivity index (χ2v) is 6.99. The quantitative estimate of drug-likeness (QED) is 0.785. The molecule has 0 spiro atoms. The molecule has 2 saturated heterocycles. The van der Waals surface area contributed by atoms with Crippen LogP contribution >= 0.6 is 0 Å². The molecule has 2 aliphatic rings. The number of aryl methyl sites for hydroxylation is 1. The van der Waals surface area contributed by atoms with Gasteiger partial charge in [0.25, 0.3) is 0 Å². The van der Waals surface area contributed by atoms with Crippen LogP contribution in [0.1, 0.15) is 17.2 Å². The molecule has 0 N–H and O–H groups in total. The van der Waals surface area contributed by atoms with Gasteiger partial charge in [-0.15, -0.1) is 0 Å². The van der Waals surface area contributed by atoms with Gasteiger partial charge in [0.2, 0.25) is 11.8 Å². The largest absolute Gasteiger partial charge is 0.283 e. The number of fused-ring (bicyclic) bond motifs is 1. The fourth-order valence-electron chi connectivity index (χ4n) is 4.27. The third-order valence-electron chi connectivity index (χ3n) is 5.52. The molecule has 0 aliphatic carbocycles. The average Bonchev–Trinajstić information content (AvgIpc) is 3.08. The summed E-state index contributed by atoms with van der Waals surface area (Å²) in [6, 6.07) is 18.3. The molecule has 0 radical (unpaired) electrons. The Morgan fingerprint density at radius 2 is 1.54 bits per heavy atom. The number of anilines is 1. The van der Waals surface area contributed by atoms with Crippen molar-refractivity contribution in [3.8, 4) is 6.07 Å². The Kier molecular flexibility index (Phi) is 3.86. The van der Waals surface area contributed by atoms with Gasteiger partial charge in [-0.3, -0.25) is 14.5 Å². The van der Waals surface area contributed by atoms with Gasteiger partial charge in [0.1, 0.15) is 6.04 Å². The third kappa shape index (κ3) is 2.27. The van der Waals surface area contributed by atoms with Crippen LogP contribution < -0.4 is 4.90 Å². The lowest BCUT2D eigenvalue weighted by molar-refractivity contribution is -0.123. The normalized spacial score (nSPS) is 28.3. The molecule has 0 aromatic heterocycles. The standard InChI is InChI=1S/C21H19N3O2/c1-13-8-10-15(11-9-13)24-20(25)17-16(12-22)23(2)19(18(17)21(24)26)14-6-4-3-5-7-14/h3-11,16-19H,1-2H3/t16-,17+,18+,19+/m0/s1. The molecule has 5 nitrogen and oxygen atoms in total. The van der Waals surface area contributed by atoms with Crippen LogP contribution in [0.3, 0.4) is 0 Å². The summed E-state index contributed by atoms with van der Waals surface area (Å²) >= 11 is 0. The van der Waals surface area contributed by atoms with Gasteiger partial charge in [-0.2, -0.15) is 5.26 Å². The monoisotopic (exact) mass is 345 g/mol. The van der Waals surface area contributed by atoms with Gasteiger partial charge in [-0.25, -0.2) is 4.90 Å². The minimum atomic E-state index is -0.635. The number of hydrogen-bond acceptors (Lipinski definition) is 4. The number of nitrogens with zero attached hydrogens (tertiary/aromatic N) is 3. The van der Waals surface area contributed by atoms with Crippen LogP contribution in [0.5, 0.6) is 0 Å². The predicted octanol–water partition coefficient (Wildman–Crippen LogP) is 2.68. The average molecular weight is 345 g/mol. The smallest absolute Gasteiger partial charge is 0.240 e. The first kappa shape index (κ1) is 16.5. The van der Waals surface area contributed by atoms with Crippen molar-refractivity contribution < 1.29 is 9.59 Å². The van der Waals surface area contributed by atoms with Crippen LogP contribution in [0.4, 0.5) is 5.69 Å². The van der Waals surface area contributed by atoms with Crippen molar-refractivity contribution >= 4 is 17.5 Å². The second-order valence-electron chi connectivity index (χ2n) is 6.99. The highest BCUT2D eigenvalue weighted by molar-refractivity contribution is 6.23. The van der Waals surface area contributed by atoms with E-state index in [0.717, 1.165) is 11.1 Å². The highest BCUT2D eigenvalue weighted by atomic mass is 16.2. The molecule has 0 saturated carbocycles. The van der Waals surface area contributed by atoms with E-state index in [1.165, 1.54) is 4.90 Å². The van der Waals surface area contributed by atoms with E-state index in [0.29, 0.717) is 5.69 Å². The maximum atomic E-state index is 13.2. The molecule has 2 aromatic carbocycles. The summed E-state index contributed by atoms with van der Waals surface area (Å²) in [4.78, 5) is 29.5. The van der Waals surface area contributed by atoms with Crippen LogP contribution in [-0.4, -0.2) is 29.8 Å². The van der Waals surface area contributed by atoms with Gasteiger partial charge in [-0.1, -0.05) is 48.0 Å². The van der Waals surface area contributed by atoms with Crippen molar-refractivity contribution in [2.45, 2.75) is 19.0 Å². The van der Waals surface area contributed by atoms with Crippen molar-refractivity contribution in [2.24, 2.45) is 11.8 Å². The van der Waals surface area contributed by atoms with Crippen molar-refractivity contribution in [2.75, 3.05) is 11.9 Å². The first-order valence-electron chi connectivity index (χ1n) is 8.65. The Labute approximate surface area is 152 Å². The SMILES string of the molecule is Cc1ccc(N2C(=O)[C@@H]3[C@H](C2=O)[C@H](C#N)N(C)[C@@H]3c2ccccc2)cc1. The van der Waals surface area contributed by atoms with E-state index in [2.05, 4.69) is 6.07 Å². The molecule has 4 atom stereocenters. The number of carbonyl (C=O) groups excluding carboxylic acids is 2. The fourth-order valence-corrected chi connectivity index (χ4v) is 4.27. The Morgan fingerprint density at radius 3 is 2.15 bits per heavy atom. The fraction of sp³-hybridized carbons (Fsp3) is 0.286. The summed E-state index contributed by atoms with van der Waals surface area (Å²) in [5.41, 5.74) is 2.59. The predicted molar refractivity (Wildman–Crippen MR) is 97.0 cm³/mol. The van der Waals surface area contributed by atoms with Gasteiger partial charge >= 0.3 is 0 Å². The molecule has 0 unspecified atom stereocenters. The van der Waals surface area contributed by atoms with E-state index in [1.54, 1.807) is 12.1 Å². The summed E-state index contributed by atoms with van der Waals surface area (Å²) in [5, 5.41) is 9.67. The molecule has 26 heavy (non-hydrogen) atoms. The number of carbonyl (C=O) groups is 2. The van der Waals surface area contributed by atoms with Crippen LogP contribution in [0.15, 0.2) is 54.6 Å². The number of imide groups is 1. The van der Waals surface area contributed by atoms with Gasteiger partial charge in [0.05, 0.1) is 23.6 Å². The van der Waals surface area contributed by atoms with Crippen molar-refractivity contribution in [3.05, 3.63) is 65.7 Å². The molecular weight excluding hydrogens is 326 g/mol. The van der Waals surface area contributed by atoms with Crippen molar-refractivity contribution in [1.29, 1.82) is 5.26 Å². The first-order chi connectivity index (χ1) is 12.5. The van der Waals surface area contributed by atoms with Gasteiger partial charge in [-0.05, 0) is 31.7 Å². The van der Waals surface area contributed by atoms with E-state index in [1.807, 2.05) is 61.3 Å². The van der Waals surface area contributed by atoms with Crippen LogP contribution in [0.2, 0.25) is 0 Å². The van der Waals surface area contributed by atoms with E-state index < -0.39 is 17.9 Å². The first-order valence-corrected chi connectivity index (χ1v) is 8.65. The summed E-state index contributed by atoms with van der Waals surface area (Å²) in [7, 11) is 1.82. The molecule has 4 rings (SSSR count). The number of hydrogen-bond donors (Lipinski definition) is 0. The summed E-state index contributed by atoms with van der Waals surface area (Å²) in [6.45, 7) is 1.96. The summed E-state index contributed by atoms with van der Waals surface area (Å²) in [5.74, 6) is -1.67. The molecule has 130 valence electrons. The number of benzene rings is 2. The molecule has 2 fully saturated rings. The summed E-state index contributed by atoms with van der Waals surface area (Å²) in [6.07, 6.45) is 0. The van der Waals surface area contributed by atoms with Gasteiger partial charge in [0, 0.05) is 6.04 Å². The second kappa shape index (κ2) is 6.08. The number of rotatable bonds is 2. The van der Waals surface area contributed by atoms with Gasteiger partial charge < -0.3 is 0 Å². The zero-order chi connectivity index (χ0) is 18.4. The Hall–Kier alpha value is -2.97. The number of likely N-dealkylation sites (tertiary alicyclic amines) is 1. The topological polar surface area (TPSA) is 64.4 Å². The molecule has 2 aromatic rings. The highest BCUT2D eigenvalue weighted by Gasteiger charge is 2.62. The maximum absolute atomic E-state index is 13.2. The zero-order valence-electron chi connectivity index (χ0n) is 14.7. The Morgan fingerprint density at radius 1 is 0.923 bits per heavy atom. The van der Waals surface area contributed by atoms with E-state index in [4.69, 9.17) is 0 Å². The van der Waals surface area contributed by atoms with Crippen molar-refractivity contribution in [3.63, 3.8) is 0 Å². The Bertz CT molecular complexity index is 901. The molecule has 0 bridgehead atoms. The molecule has 2 amide bonds. The molecule has 2 aliphatic heterocycles. The van der Waals surface area contributed by atoms with E-state index in [9.17, 15) is 14.9 Å². The minimum Gasteiger partial charge on any atom is -0.283 e. The number of amides is 2. The van der Waals surface area contributed by atoms with Gasteiger partial charge in [0.15, 0.2) is 0 Å². The minimum absolute atomic E-state index is 0.220. The molecular formula is C21H19N3O2. The van der Waals surface area contributed by atoms with Crippen LogP contribution in [-0.2, 0) is 9.59 Å². The summed E-state index contributed by atoms with van der Waals surface area (Å²) < 4.78 is 0. The lowest BCUT2D eigenvalue weighted by Gasteiger charge is -2.27. The zero-order valence-corrected chi connectivity index (χ0v) is 14.7. The third-order valence-corrected chi connectivity index (χ3v) is 5.52. The molecule has 5 heteroatoms. The van der Waals surface area contributed by atoms with Crippen LogP contribution in [0, 0.1) is 30.1 Å². The van der Waals surface area contributed by atoms with Crippen LogP contribution in [0.25, 0.3) is 0 Å². The molecule has 2 heterocycles. The van der Waals surface area contributed by atoms with E-state index >= 15 is 0 Å².